The van der Waals surface area contributed by atoms with E-state index in [1.807, 2.05) is 36.4 Å². The van der Waals surface area contributed by atoms with Gasteiger partial charge in [0.2, 0.25) is 0 Å². The van der Waals surface area contributed by atoms with E-state index in [-0.39, 0.29) is 11.9 Å². The summed E-state index contributed by atoms with van der Waals surface area (Å²) in [5.41, 5.74) is 7.80. The van der Waals surface area contributed by atoms with E-state index < -0.39 is 0 Å². The number of halogens is 1. The third-order valence-electron chi connectivity index (χ3n) is 4.20. The van der Waals surface area contributed by atoms with Gasteiger partial charge >= 0.3 is 0 Å². The van der Waals surface area contributed by atoms with Crippen LogP contribution < -0.4 is 11.1 Å². The van der Waals surface area contributed by atoms with E-state index in [1.54, 1.807) is 12.1 Å². The molecule has 3 rings (SSSR count). The normalized spacial score (nSPS) is 17.2. The molecule has 1 aliphatic heterocycles. The van der Waals surface area contributed by atoms with Crippen LogP contribution in [0.5, 0.6) is 0 Å². The molecule has 0 aliphatic carbocycles. The van der Waals surface area contributed by atoms with Crippen LogP contribution in [0.15, 0.2) is 59.6 Å². The lowest BCUT2D eigenvalue weighted by Crippen LogP contribution is -2.40. The summed E-state index contributed by atoms with van der Waals surface area (Å²) in [5.74, 6) is 0.107. The van der Waals surface area contributed by atoms with Gasteiger partial charge in [0, 0.05) is 18.8 Å². The van der Waals surface area contributed by atoms with Crippen molar-refractivity contribution in [3.05, 3.63) is 66.0 Å². The Morgan fingerprint density at radius 1 is 1.16 bits per heavy atom. The summed E-state index contributed by atoms with van der Waals surface area (Å²) in [7, 11) is 0. The molecule has 0 saturated carbocycles. The minimum Gasteiger partial charge on any atom is -0.379 e. The maximum atomic E-state index is 13.7. The first-order chi connectivity index (χ1) is 12.2. The number of hydrogen-bond acceptors (Lipinski definition) is 3. The average molecular weight is 342 g/mol. The minimum absolute atomic E-state index is 0.0317. The van der Waals surface area contributed by atoms with E-state index >= 15 is 0 Å². The molecule has 25 heavy (non-hydrogen) atoms. The number of benzene rings is 2. The fourth-order valence-electron chi connectivity index (χ4n) is 2.93. The Hall–Kier alpha value is -2.44. The first kappa shape index (κ1) is 17.4. The third kappa shape index (κ3) is 5.01. The maximum absolute atomic E-state index is 13.7. The zero-order valence-corrected chi connectivity index (χ0v) is 14.1. The fraction of sp³-hybridized carbons (Fsp3) is 0.316. The molecule has 0 amide bonds. The summed E-state index contributed by atoms with van der Waals surface area (Å²) in [5, 5.41) is 3.07. The highest BCUT2D eigenvalue weighted by Gasteiger charge is 2.22. The molecule has 132 valence electrons. The largest absolute Gasteiger partial charge is 0.379 e. The van der Waals surface area contributed by atoms with Crippen LogP contribution in [0.25, 0.3) is 0 Å². The Balaban J connectivity index is 1.73. The highest BCUT2D eigenvalue weighted by molar-refractivity contribution is 5.92. The lowest BCUT2D eigenvalue weighted by Gasteiger charge is -2.34. The van der Waals surface area contributed by atoms with Gasteiger partial charge in [-0.3, -0.25) is 9.89 Å². The van der Waals surface area contributed by atoms with Gasteiger partial charge in [0.25, 0.3) is 0 Å². The number of guanidine groups is 1. The summed E-state index contributed by atoms with van der Waals surface area (Å²) >= 11 is 0. The van der Waals surface area contributed by atoms with Crippen molar-refractivity contribution in [2.75, 3.05) is 38.2 Å². The summed E-state index contributed by atoms with van der Waals surface area (Å²) in [6.07, 6.45) is 0. The molecular formula is C19H23FN4O. The molecule has 1 aliphatic rings. The molecule has 1 heterocycles. The molecule has 1 unspecified atom stereocenters. The van der Waals surface area contributed by atoms with E-state index in [1.165, 1.54) is 6.07 Å². The van der Waals surface area contributed by atoms with Gasteiger partial charge < -0.3 is 15.8 Å². The molecule has 5 nitrogen and oxygen atoms in total. The van der Waals surface area contributed by atoms with Crippen molar-refractivity contribution in [3.63, 3.8) is 0 Å². The number of para-hydroxylation sites is 1. The van der Waals surface area contributed by atoms with Gasteiger partial charge in [-0.1, -0.05) is 30.3 Å². The molecule has 1 saturated heterocycles. The van der Waals surface area contributed by atoms with E-state index in [0.717, 1.165) is 24.3 Å². The smallest absolute Gasteiger partial charge is 0.193 e. The van der Waals surface area contributed by atoms with Gasteiger partial charge in [-0.2, -0.15) is 0 Å². The van der Waals surface area contributed by atoms with E-state index in [2.05, 4.69) is 15.2 Å². The van der Waals surface area contributed by atoms with Crippen molar-refractivity contribution in [3.8, 4) is 0 Å². The Morgan fingerprint density at radius 2 is 1.92 bits per heavy atom. The molecule has 2 aromatic rings. The number of aliphatic imine (C=N–C) groups is 1. The van der Waals surface area contributed by atoms with E-state index in [9.17, 15) is 4.39 Å². The van der Waals surface area contributed by atoms with Crippen LogP contribution in [0, 0.1) is 5.82 Å². The fourth-order valence-corrected chi connectivity index (χ4v) is 2.93. The van der Waals surface area contributed by atoms with Crippen LogP contribution in [-0.2, 0) is 4.74 Å². The second-order valence-electron chi connectivity index (χ2n) is 5.94. The molecular weight excluding hydrogens is 319 g/mol. The Bertz CT molecular complexity index is 702. The molecule has 1 atom stereocenters. The summed E-state index contributed by atoms with van der Waals surface area (Å²) in [6, 6.07) is 16.3. The zero-order chi connectivity index (χ0) is 17.5. The van der Waals surface area contributed by atoms with E-state index in [0.29, 0.717) is 25.7 Å². The predicted octanol–water partition coefficient (Wildman–Crippen LogP) is 2.63. The van der Waals surface area contributed by atoms with Crippen LogP contribution in [0.2, 0.25) is 0 Å². The van der Waals surface area contributed by atoms with Gasteiger partial charge in [0.15, 0.2) is 5.96 Å². The number of anilines is 1. The molecule has 3 N–H and O–H groups in total. The second-order valence-corrected chi connectivity index (χ2v) is 5.94. The van der Waals surface area contributed by atoms with Crippen LogP contribution >= 0.6 is 0 Å². The second kappa shape index (κ2) is 8.60. The van der Waals surface area contributed by atoms with Crippen molar-refractivity contribution >= 4 is 11.6 Å². The molecule has 6 heteroatoms. The highest BCUT2D eigenvalue weighted by atomic mass is 19.1. The van der Waals surface area contributed by atoms with Crippen molar-refractivity contribution in [1.29, 1.82) is 0 Å². The van der Waals surface area contributed by atoms with Gasteiger partial charge in [-0.05, 0) is 29.8 Å². The van der Waals surface area contributed by atoms with Crippen LogP contribution in [0.3, 0.4) is 0 Å². The van der Waals surface area contributed by atoms with Gasteiger partial charge in [0.05, 0.1) is 25.8 Å². The van der Waals surface area contributed by atoms with Crippen molar-refractivity contribution in [1.82, 2.24) is 4.90 Å². The first-order valence-corrected chi connectivity index (χ1v) is 8.41. The number of morpholine rings is 1. The Labute approximate surface area is 147 Å². The highest BCUT2D eigenvalue weighted by Crippen LogP contribution is 2.23. The van der Waals surface area contributed by atoms with Crippen LogP contribution in [0.1, 0.15) is 11.6 Å². The lowest BCUT2D eigenvalue weighted by molar-refractivity contribution is 0.0179. The molecule has 2 aromatic carbocycles. The summed E-state index contributed by atoms with van der Waals surface area (Å²) in [4.78, 5) is 6.74. The summed E-state index contributed by atoms with van der Waals surface area (Å²) < 4.78 is 19.1. The SMILES string of the molecule is NC(=NCC(c1cccc(F)c1)N1CCOCC1)Nc1ccccc1. The van der Waals surface area contributed by atoms with E-state index in [4.69, 9.17) is 10.5 Å². The lowest BCUT2D eigenvalue weighted by atomic mass is 10.0. The number of nitrogens with one attached hydrogen (secondary N) is 1. The van der Waals surface area contributed by atoms with Gasteiger partial charge in [-0.15, -0.1) is 0 Å². The number of hydrogen-bond donors (Lipinski definition) is 2. The zero-order valence-electron chi connectivity index (χ0n) is 14.1. The number of nitrogens with zero attached hydrogens (tertiary/aromatic N) is 2. The minimum atomic E-state index is -0.241. The molecule has 0 spiro atoms. The van der Waals surface area contributed by atoms with Crippen molar-refractivity contribution < 1.29 is 9.13 Å². The number of nitrogens with two attached hydrogens (primary N) is 1. The number of rotatable bonds is 5. The predicted molar refractivity (Wildman–Crippen MR) is 98.1 cm³/mol. The number of ether oxygens (including phenoxy) is 1. The monoisotopic (exact) mass is 342 g/mol. The Morgan fingerprint density at radius 3 is 2.64 bits per heavy atom. The standard InChI is InChI=1S/C19H23FN4O/c20-16-6-4-5-15(13-16)18(24-9-11-25-12-10-24)14-22-19(21)23-17-7-2-1-3-8-17/h1-8,13,18H,9-12,14H2,(H3,21,22,23). The molecule has 0 aromatic heterocycles. The van der Waals surface area contributed by atoms with Crippen molar-refractivity contribution in [2.24, 2.45) is 10.7 Å². The topological polar surface area (TPSA) is 62.9 Å². The van der Waals surface area contributed by atoms with Crippen LogP contribution in [-0.4, -0.2) is 43.7 Å². The van der Waals surface area contributed by atoms with Crippen LogP contribution in [0.4, 0.5) is 10.1 Å². The molecule has 1 fully saturated rings. The van der Waals surface area contributed by atoms with Gasteiger partial charge in [0.1, 0.15) is 5.82 Å². The Kier molecular flexibility index (Phi) is 5.98. The van der Waals surface area contributed by atoms with Crippen molar-refractivity contribution in [2.45, 2.75) is 6.04 Å². The quantitative estimate of drug-likeness (QED) is 0.648. The maximum Gasteiger partial charge on any atom is 0.193 e. The molecule has 0 bridgehead atoms. The first-order valence-electron chi connectivity index (χ1n) is 8.41. The average Bonchev–Trinajstić information content (AvgIpc) is 2.64. The third-order valence-corrected chi connectivity index (χ3v) is 4.20. The van der Waals surface area contributed by atoms with Gasteiger partial charge in [-0.25, -0.2) is 4.39 Å². The molecule has 0 radical (unpaired) electrons. The summed E-state index contributed by atoms with van der Waals surface area (Å²) in [6.45, 7) is 3.39.